The summed E-state index contributed by atoms with van der Waals surface area (Å²) >= 11 is 0. The van der Waals surface area contributed by atoms with Crippen LogP contribution in [0, 0.1) is 0 Å². The first-order valence-corrected chi connectivity index (χ1v) is 3.24. The topological polar surface area (TPSA) is 115 Å². The van der Waals surface area contributed by atoms with Crippen LogP contribution in [0.4, 0.5) is 5.82 Å². The van der Waals surface area contributed by atoms with Crippen LogP contribution >= 0.6 is 0 Å². The zero-order valence-electron chi connectivity index (χ0n) is 6.36. The summed E-state index contributed by atoms with van der Waals surface area (Å²) in [4.78, 5) is 3.83. The normalized spacial score (nSPS) is 11.2. The molecule has 12 heavy (non-hydrogen) atoms. The summed E-state index contributed by atoms with van der Waals surface area (Å²) in [7, 11) is 0. The lowest BCUT2D eigenvalue weighted by atomic mass is 10.2. The lowest BCUT2D eigenvalue weighted by Gasteiger charge is -1.99. The van der Waals surface area contributed by atoms with E-state index >= 15 is 0 Å². The molecule has 0 aliphatic heterocycles. The molecule has 0 amide bonds. The van der Waals surface area contributed by atoms with E-state index in [-0.39, 0.29) is 5.84 Å². The van der Waals surface area contributed by atoms with Crippen molar-refractivity contribution in [1.29, 1.82) is 0 Å². The molecule has 0 spiro atoms. The number of nitrogen functional groups attached to an aromatic ring is 1. The fraction of sp³-hybridized carbons (Fsp3) is 0. The largest absolute Gasteiger partial charge is 0.384 e. The smallest absolute Gasteiger partial charge is 0.153 e. The zero-order valence-corrected chi connectivity index (χ0v) is 6.36. The first kappa shape index (κ1) is 8.28. The van der Waals surface area contributed by atoms with Crippen LogP contribution in [0.2, 0.25) is 0 Å². The number of rotatable bonds is 2. The minimum Gasteiger partial charge on any atom is -0.384 e. The van der Waals surface area contributed by atoms with E-state index in [0.717, 1.165) is 0 Å². The van der Waals surface area contributed by atoms with Crippen molar-refractivity contribution >= 4 is 11.7 Å². The number of hydrazone groups is 1. The molecule has 6 heteroatoms. The summed E-state index contributed by atoms with van der Waals surface area (Å²) in [6.07, 6.45) is 1.52. The minimum atomic E-state index is 0.269. The molecule has 0 aliphatic carbocycles. The zero-order chi connectivity index (χ0) is 8.97. The number of nitrogens with one attached hydrogen (secondary N) is 1. The molecule has 0 fully saturated rings. The van der Waals surface area contributed by atoms with Crippen molar-refractivity contribution < 1.29 is 0 Å². The maximum atomic E-state index is 5.48. The van der Waals surface area contributed by atoms with E-state index in [2.05, 4.69) is 15.6 Å². The molecule has 0 aliphatic rings. The number of hydrogen-bond acceptors (Lipinski definition) is 5. The summed E-state index contributed by atoms with van der Waals surface area (Å²) < 4.78 is 0. The number of pyridine rings is 1. The van der Waals surface area contributed by atoms with E-state index < -0.39 is 0 Å². The quantitative estimate of drug-likeness (QED) is 0.189. The fourth-order valence-corrected chi connectivity index (χ4v) is 0.691. The Morgan fingerprint density at radius 2 is 2.25 bits per heavy atom. The van der Waals surface area contributed by atoms with Gasteiger partial charge in [0.15, 0.2) is 5.84 Å². The Morgan fingerprint density at radius 3 is 2.75 bits per heavy atom. The van der Waals surface area contributed by atoms with Crippen molar-refractivity contribution in [2.45, 2.75) is 0 Å². The predicted octanol–water partition coefficient (Wildman–Crippen LogP) is -1.25. The second kappa shape index (κ2) is 3.54. The van der Waals surface area contributed by atoms with E-state index in [1.54, 1.807) is 12.1 Å². The number of nitrogens with zero attached hydrogens (tertiary/aromatic N) is 2. The van der Waals surface area contributed by atoms with E-state index in [1.807, 2.05) is 0 Å². The molecule has 1 heterocycles. The van der Waals surface area contributed by atoms with Gasteiger partial charge >= 0.3 is 0 Å². The van der Waals surface area contributed by atoms with Crippen molar-refractivity contribution in [3.63, 3.8) is 0 Å². The van der Waals surface area contributed by atoms with Gasteiger partial charge in [0.25, 0.3) is 0 Å². The van der Waals surface area contributed by atoms with Crippen LogP contribution < -0.4 is 22.8 Å². The van der Waals surface area contributed by atoms with E-state index in [9.17, 15) is 0 Å². The lowest BCUT2D eigenvalue weighted by molar-refractivity contribution is 0.803. The Kier molecular flexibility index (Phi) is 2.44. The average Bonchev–Trinajstić information content (AvgIpc) is 2.06. The van der Waals surface area contributed by atoms with Crippen LogP contribution in [0.1, 0.15) is 5.56 Å². The average molecular weight is 166 g/mol. The molecule has 0 radical (unpaired) electrons. The summed E-state index contributed by atoms with van der Waals surface area (Å²) in [6.45, 7) is 0. The Bertz CT molecular complexity index is 277. The number of hydrazine groups is 1. The van der Waals surface area contributed by atoms with Crippen molar-refractivity contribution in [2.24, 2.45) is 16.7 Å². The van der Waals surface area contributed by atoms with Gasteiger partial charge < -0.3 is 11.5 Å². The van der Waals surface area contributed by atoms with Crippen molar-refractivity contribution in [2.75, 3.05) is 5.73 Å². The van der Waals surface area contributed by atoms with E-state index in [0.29, 0.717) is 11.4 Å². The molecule has 0 bridgehead atoms. The molecular formula is C6H10N6. The summed E-state index contributed by atoms with van der Waals surface area (Å²) in [6, 6.07) is 3.34. The van der Waals surface area contributed by atoms with Crippen LogP contribution in [0.3, 0.4) is 0 Å². The number of aromatic nitrogens is 1. The third-order valence-corrected chi connectivity index (χ3v) is 1.27. The SMILES string of the molecule is NN/N=C(\N)c1ccc(N)nc1. The minimum absolute atomic E-state index is 0.269. The highest BCUT2D eigenvalue weighted by atomic mass is 15.5. The summed E-state index contributed by atoms with van der Waals surface area (Å²) in [5.74, 6) is 5.64. The van der Waals surface area contributed by atoms with Crippen LogP contribution in [0.15, 0.2) is 23.4 Å². The molecule has 64 valence electrons. The van der Waals surface area contributed by atoms with Gasteiger partial charge in [0.1, 0.15) is 5.82 Å². The van der Waals surface area contributed by atoms with Crippen molar-refractivity contribution in [3.8, 4) is 0 Å². The maximum absolute atomic E-state index is 5.48. The Balaban J connectivity index is 2.89. The van der Waals surface area contributed by atoms with Gasteiger partial charge in [-0.15, -0.1) is 5.10 Å². The molecule has 0 saturated heterocycles. The molecule has 0 atom stereocenters. The Hall–Kier alpha value is -1.82. The lowest BCUT2D eigenvalue weighted by Crippen LogP contribution is -2.23. The first-order valence-electron chi connectivity index (χ1n) is 3.24. The summed E-state index contributed by atoms with van der Waals surface area (Å²) in [5.41, 5.74) is 13.6. The Labute approximate surface area is 69.4 Å². The Morgan fingerprint density at radius 1 is 1.50 bits per heavy atom. The predicted molar refractivity (Wildman–Crippen MR) is 46.7 cm³/mol. The molecule has 0 saturated carbocycles. The van der Waals surface area contributed by atoms with Gasteiger partial charge in [-0.1, -0.05) is 0 Å². The van der Waals surface area contributed by atoms with Gasteiger partial charge in [0.2, 0.25) is 0 Å². The van der Waals surface area contributed by atoms with E-state index in [1.165, 1.54) is 6.20 Å². The molecule has 1 aromatic rings. The standard InChI is InChI=1S/C6H10N6/c7-5-2-1-4(3-10-5)6(8)11-12-9/h1-3,12H,9H2,(H2,7,10)(H2,8,11). The molecular weight excluding hydrogens is 156 g/mol. The first-order chi connectivity index (χ1) is 5.74. The number of nitrogens with two attached hydrogens (primary N) is 3. The fourth-order valence-electron chi connectivity index (χ4n) is 0.691. The van der Waals surface area contributed by atoms with Crippen LogP contribution in [-0.4, -0.2) is 10.8 Å². The molecule has 7 N–H and O–H groups in total. The van der Waals surface area contributed by atoms with Gasteiger partial charge in [0.05, 0.1) is 0 Å². The number of amidine groups is 1. The molecule has 1 aromatic heterocycles. The van der Waals surface area contributed by atoms with Gasteiger partial charge in [0, 0.05) is 11.8 Å². The second-order valence-corrected chi connectivity index (χ2v) is 2.10. The second-order valence-electron chi connectivity index (χ2n) is 2.10. The van der Waals surface area contributed by atoms with Crippen LogP contribution in [0.25, 0.3) is 0 Å². The maximum Gasteiger partial charge on any atom is 0.153 e. The van der Waals surface area contributed by atoms with Crippen LogP contribution in [-0.2, 0) is 0 Å². The monoisotopic (exact) mass is 166 g/mol. The van der Waals surface area contributed by atoms with Gasteiger partial charge in [-0.2, -0.15) is 0 Å². The molecule has 0 aromatic carbocycles. The number of hydrogen-bond donors (Lipinski definition) is 4. The van der Waals surface area contributed by atoms with E-state index in [4.69, 9.17) is 17.3 Å². The number of anilines is 1. The third-order valence-electron chi connectivity index (χ3n) is 1.27. The highest BCUT2D eigenvalue weighted by Gasteiger charge is 1.96. The molecule has 0 unspecified atom stereocenters. The van der Waals surface area contributed by atoms with Crippen LogP contribution in [0.5, 0.6) is 0 Å². The molecule has 1 rings (SSSR count). The van der Waals surface area contributed by atoms with Gasteiger partial charge in [-0.25, -0.2) is 16.4 Å². The third kappa shape index (κ3) is 1.83. The van der Waals surface area contributed by atoms with Crippen molar-refractivity contribution in [3.05, 3.63) is 23.9 Å². The summed E-state index contributed by atoms with van der Waals surface area (Å²) in [5, 5.41) is 3.57. The highest BCUT2D eigenvalue weighted by Crippen LogP contribution is 1.99. The highest BCUT2D eigenvalue weighted by molar-refractivity contribution is 5.97. The van der Waals surface area contributed by atoms with Crippen molar-refractivity contribution in [1.82, 2.24) is 10.5 Å². The molecule has 6 nitrogen and oxygen atoms in total. The van der Waals surface area contributed by atoms with Gasteiger partial charge in [-0.3, -0.25) is 0 Å². The van der Waals surface area contributed by atoms with Gasteiger partial charge in [-0.05, 0) is 12.1 Å².